The highest BCUT2D eigenvalue weighted by atomic mass is 16.4. The third kappa shape index (κ3) is 14.1. The molecule has 19 heteroatoms. The first-order valence-corrected chi connectivity index (χ1v) is 18.2. The highest BCUT2D eigenvalue weighted by Crippen LogP contribution is 2.23. The van der Waals surface area contributed by atoms with Crippen LogP contribution in [0, 0.1) is 5.92 Å². The topological polar surface area (TPSA) is 296 Å². The van der Waals surface area contributed by atoms with E-state index in [2.05, 4.69) is 42.0 Å². The lowest BCUT2D eigenvalue weighted by Crippen LogP contribution is -2.99. The number of carbonyl (C=O) groups is 5. The predicted molar refractivity (Wildman–Crippen MR) is 191 cm³/mol. The molecule has 52 heavy (non-hydrogen) atoms. The van der Waals surface area contributed by atoms with Gasteiger partial charge in [-0.25, -0.2) is 15.1 Å². The number of rotatable bonds is 23. The van der Waals surface area contributed by atoms with Gasteiger partial charge in [0.2, 0.25) is 29.9 Å². The number of hydrogen-bond donors (Lipinski definition) is 12. The molecule has 5 atom stereocenters. The van der Waals surface area contributed by atoms with Crippen molar-refractivity contribution in [2.24, 2.45) is 22.6 Å². The number of fused-ring (bicyclic) bond motifs is 1. The fourth-order valence-electron chi connectivity index (χ4n) is 6.18. The molecule has 290 valence electrons. The fourth-order valence-corrected chi connectivity index (χ4v) is 6.18. The molecule has 0 saturated carbocycles. The number of quaternary nitrogens is 1. The van der Waals surface area contributed by atoms with Gasteiger partial charge in [0.05, 0.1) is 0 Å². The molecule has 2 aliphatic heterocycles. The molecule has 2 heterocycles. The molecule has 0 spiro atoms. The number of aliphatic carboxylic acids is 1. The van der Waals surface area contributed by atoms with Crippen molar-refractivity contribution < 1.29 is 44.5 Å². The molecule has 0 aromatic rings. The number of unbranched alkanes of at least 4 members (excludes halogenated alkanes) is 3. The van der Waals surface area contributed by atoms with Crippen molar-refractivity contribution in [2.75, 3.05) is 26.2 Å². The number of carboxylic acid groups (broad SMARTS) is 1. The van der Waals surface area contributed by atoms with Crippen molar-refractivity contribution in [3.63, 3.8) is 0 Å². The number of carboxylic acids is 1. The van der Waals surface area contributed by atoms with Crippen molar-refractivity contribution in [1.82, 2.24) is 36.8 Å². The maximum atomic E-state index is 13.0. The zero-order valence-electron chi connectivity index (χ0n) is 30.0. The fraction of sp³-hybridized carbons (Fsp3) is 0.667. The van der Waals surface area contributed by atoms with Gasteiger partial charge in [-0.15, -0.1) is 0 Å². The molecule has 19 nitrogen and oxygen atoms in total. The molecule has 0 aromatic carbocycles. The number of allylic oxidation sites excluding steroid dienone is 2. The molecule has 0 bridgehead atoms. The first-order valence-electron chi connectivity index (χ1n) is 18.2. The summed E-state index contributed by atoms with van der Waals surface area (Å²) in [5, 5.41) is 43.2. The Labute approximate surface area is 303 Å². The molecule has 3 aliphatic rings. The molecular weight excluding hydrogens is 676 g/mol. The normalized spacial score (nSPS) is 22.0. The van der Waals surface area contributed by atoms with Crippen LogP contribution in [0.1, 0.15) is 84.0 Å². The van der Waals surface area contributed by atoms with Crippen LogP contribution in [0.5, 0.6) is 0 Å². The lowest BCUT2D eigenvalue weighted by Gasteiger charge is -2.25. The van der Waals surface area contributed by atoms with Crippen LogP contribution in [0.2, 0.25) is 0 Å². The molecule has 15 N–H and O–H groups in total. The summed E-state index contributed by atoms with van der Waals surface area (Å²) in [6.45, 7) is 3.69. The van der Waals surface area contributed by atoms with E-state index in [1.54, 1.807) is 18.0 Å². The minimum absolute atomic E-state index is 0.00667. The summed E-state index contributed by atoms with van der Waals surface area (Å²) in [5.41, 5.74) is 7.97. The number of nitrogens with two attached hydrogens (primary N) is 3. The average molecular weight is 735 g/mol. The van der Waals surface area contributed by atoms with E-state index in [1.165, 1.54) is 0 Å². The van der Waals surface area contributed by atoms with E-state index in [0.29, 0.717) is 63.0 Å². The average Bonchev–Trinajstić information content (AvgIpc) is 3.53. The van der Waals surface area contributed by atoms with E-state index in [0.717, 1.165) is 44.2 Å². The number of aliphatic hydroxyl groups is 1. The van der Waals surface area contributed by atoms with Crippen LogP contribution in [0.25, 0.3) is 0 Å². The summed E-state index contributed by atoms with van der Waals surface area (Å²) in [6.07, 6.45) is 9.63. The first kappa shape index (κ1) is 41.7. The second-order valence-electron chi connectivity index (χ2n) is 13.0. The van der Waals surface area contributed by atoms with E-state index in [9.17, 15) is 34.2 Å². The number of nitrogens with one attached hydrogen (secondary N) is 7. The molecule has 1 aliphatic carbocycles. The molecule has 5 unspecified atom stereocenters. The lowest BCUT2D eigenvalue weighted by molar-refractivity contribution is -0.709. The van der Waals surface area contributed by atoms with Gasteiger partial charge < -0.3 is 52.3 Å². The second kappa shape index (κ2) is 22.2. The number of hydrogen-bond acceptors (Lipinski definition) is 13. The van der Waals surface area contributed by atoms with Crippen LogP contribution < -0.4 is 53.8 Å². The lowest BCUT2D eigenvalue weighted by atomic mass is 9.91. The zero-order valence-corrected chi connectivity index (χ0v) is 30.0. The number of nitrogens with zero attached hydrogens (tertiary/aromatic N) is 2. The van der Waals surface area contributed by atoms with Gasteiger partial charge in [0.15, 0.2) is 18.1 Å². The van der Waals surface area contributed by atoms with E-state index in [1.807, 2.05) is 11.4 Å². The molecule has 1 fully saturated rings. The van der Waals surface area contributed by atoms with Crippen LogP contribution in [-0.2, 0) is 24.0 Å². The summed E-state index contributed by atoms with van der Waals surface area (Å²) in [5.74, 6) is 2.96. The van der Waals surface area contributed by atoms with Gasteiger partial charge in [-0.2, -0.15) is 5.10 Å². The van der Waals surface area contributed by atoms with Gasteiger partial charge in [-0.05, 0) is 38.5 Å². The number of hydrazone groups is 1. The quantitative estimate of drug-likeness (QED) is 0.0157. The van der Waals surface area contributed by atoms with Gasteiger partial charge >= 0.3 is 5.97 Å². The minimum atomic E-state index is -1.21. The Balaban J connectivity index is 1.32. The molecule has 0 aromatic heterocycles. The van der Waals surface area contributed by atoms with Gasteiger partial charge in [0.1, 0.15) is 30.9 Å². The highest BCUT2D eigenvalue weighted by Gasteiger charge is 2.39. The Morgan fingerprint density at radius 2 is 1.96 bits per heavy atom. The molecule has 0 radical (unpaired) electrons. The Morgan fingerprint density at radius 3 is 2.65 bits per heavy atom. The van der Waals surface area contributed by atoms with Crippen molar-refractivity contribution in [1.29, 1.82) is 0 Å². The largest absolute Gasteiger partial charge is 0.493 e. The third-order valence-electron chi connectivity index (χ3n) is 9.12. The molecule has 1 saturated heterocycles. The van der Waals surface area contributed by atoms with Gasteiger partial charge in [-0.3, -0.25) is 25.4 Å². The minimum Gasteiger partial charge on any atom is -0.493 e. The zero-order chi connectivity index (χ0) is 37.9. The molecular formula is C33H58N12O7+2. The number of aldehydes is 1. The maximum Gasteiger partial charge on any atom is 0.326 e. The van der Waals surface area contributed by atoms with E-state index < -0.39 is 24.2 Å². The maximum absolute atomic E-state index is 13.0. The smallest absolute Gasteiger partial charge is 0.326 e. The van der Waals surface area contributed by atoms with Crippen LogP contribution in [0.4, 0.5) is 0 Å². The predicted octanol–water partition coefficient (Wildman–Crippen LogP) is -4.09. The SMILES string of the molecule is CCC(=O)N(CCCCCC[NH+]=CC(CCC=O)=NN)CCNC(=O)CCC(NC(=O)C1CC=C(NC2NC3=C(O)NC(N)NC3[NH2+]2)CC1)C(=O)O. The standard InChI is InChI=1S/C33H56N12O7/c1-2-26(48)45(17-6-4-3-5-15-36-20-23(44-35)8-7-19-46)18-16-37-25(47)14-13-24(31(51)52)39-29(49)21-9-11-22(12-10-21)38-33-40-27-28(42-33)41-32(34)43-30(27)50/h11,19-21,24,28,32-33,38,40-43,50H,2-10,12-18,34-35H2,1H3,(H,37,47)(H,39,49)(H,51,52)/p+2. The van der Waals surface area contributed by atoms with E-state index >= 15 is 0 Å². The third-order valence-corrected chi connectivity index (χ3v) is 9.12. The van der Waals surface area contributed by atoms with Crippen LogP contribution in [-0.4, -0.2) is 108 Å². The van der Waals surface area contributed by atoms with Crippen molar-refractivity contribution in [3.05, 3.63) is 23.4 Å². The van der Waals surface area contributed by atoms with Crippen molar-refractivity contribution in [3.8, 4) is 0 Å². The summed E-state index contributed by atoms with van der Waals surface area (Å²) in [7, 11) is 0. The van der Waals surface area contributed by atoms with Crippen molar-refractivity contribution in [2.45, 2.75) is 109 Å². The summed E-state index contributed by atoms with van der Waals surface area (Å²) in [6, 6.07) is -1.21. The second-order valence-corrected chi connectivity index (χ2v) is 13.0. The van der Waals surface area contributed by atoms with Gasteiger partial charge in [-0.1, -0.05) is 19.4 Å². The van der Waals surface area contributed by atoms with Gasteiger partial charge in [0, 0.05) is 63.4 Å². The number of amides is 3. The van der Waals surface area contributed by atoms with Crippen molar-refractivity contribution >= 4 is 41.9 Å². The molecule has 3 amide bonds. The Bertz CT molecular complexity index is 1350. The Morgan fingerprint density at radius 1 is 1.17 bits per heavy atom. The van der Waals surface area contributed by atoms with Crippen LogP contribution in [0.3, 0.4) is 0 Å². The van der Waals surface area contributed by atoms with Crippen LogP contribution in [0.15, 0.2) is 28.5 Å². The first-order chi connectivity index (χ1) is 25.0. The Kier molecular flexibility index (Phi) is 17.8. The summed E-state index contributed by atoms with van der Waals surface area (Å²) in [4.78, 5) is 65.3. The monoisotopic (exact) mass is 734 g/mol. The van der Waals surface area contributed by atoms with Crippen LogP contribution >= 0.6 is 0 Å². The summed E-state index contributed by atoms with van der Waals surface area (Å²) < 4.78 is 0. The molecule has 3 rings (SSSR count). The van der Waals surface area contributed by atoms with E-state index in [4.69, 9.17) is 11.6 Å². The van der Waals surface area contributed by atoms with Gasteiger partial charge in [0.25, 0.3) is 0 Å². The Hall–Kier alpha value is -4.75. The number of aliphatic hydroxyl groups excluding tert-OH is 1. The van der Waals surface area contributed by atoms with E-state index in [-0.39, 0.29) is 55.4 Å². The highest BCUT2D eigenvalue weighted by molar-refractivity contribution is 6.28. The summed E-state index contributed by atoms with van der Waals surface area (Å²) >= 11 is 0. The number of carbonyl (C=O) groups excluding carboxylic acids is 4.